The quantitative estimate of drug-likeness (QED) is 0.563. The molecule has 0 radical (unpaired) electrons. The lowest BCUT2D eigenvalue weighted by Gasteiger charge is -2.36. The standard InChI is InChI=1S/C18H21N3O6S/c1-12-10-15(13(2)27-12)18(22)20-8-6-19(7-9-20)16-5-4-14(21(23)24)11-17(16)28(3,25)26/h4-5,10-11H,6-9H2,1-3H3. The van der Waals surface area contributed by atoms with E-state index in [4.69, 9.17) is 4.42 Å². The maximum atomic E-state index is 12.7. The predicted octanol–water partition coefficient (Wildman–Crippen LogP) is 2.17. The summed E-state index contributed by atoms with van der Waals surface area (Å²) in [4.78, 5) is 26.5. The highest BCUT2D eigenvalue weighted by molar-refractivity contribution is 7.90. The van der Waals surface area contributed by atoms with E-state index in [0.29, 0.717) is 49.0 Å². The predicted molar refractivity (Wildman–Crippen MR) is 103 cm³/mol. The van der Waals surface area contributed by atoms with Gasteiger partial charge < -0.3 is 14.2 Å². The summed E-state index contributed by atoms with van der Waals surface area (Å²) >= 11 is 0. The summed E-state index contributed by atoms with van der Waals surface area (Å²) in [6, 6.07) is 5.54. The number of hydrogen-bond donors (Lipinski definition) is 0. The van der Waals surface area contributed by atoms with Crippen molar-refractivity contribution in [1.82, 2.24) is 4.90 Å². The van der Waals surface area contributed by atoms with Crippen molar-refractivity contribution >= 4 is 27.1 Å². The summed E-state index contributed by atoms with van der Waals surface area (Å²) in [5, 5.41) is 11.0. The number of nitro benzene ring substituents is 1. The van der Waals surface area contributed by atoms with Crippen molar-refractivity contribution in [3.05, 3.63) is 51.5 Å². The summed E-state index contributed by atoms with van der Waals surface area (Å²) in [6.45, 7) is 5.17. The Kier molecular flexibility index (Phi) is 5.16. The molecule has 1 aliphatic heterocycles. The number of sulfone groups is 1. The molecular weight excluding hydrogens is 386 g/mol. The first-order valence-corrected chi connectivity index (χ1v) is 10.6. The van der Waals surface area contributed by atoms with Crippen LogP contribution in [0.4, 0.5) is 11.4 Å². The topological polar surface area (TPSA) is 114 Å². The second-order valence-electron chi connectivity index (χ2n) is 6.79. The fraction of sp³-hybridized carbons (Fsp3) is 0.389. The van der Waals surface area contributed by atoms with Gasteiger partial charge >= 0.3 is 0 Å². The van der Waals surface area contributed by atoms with Crippen molar-refractivity contribution in [2.75, 3.05) is 37.3 Å². The van der Waals surface area contributed by atoms with Gasteiger partial charge in [0, 0.05) is 44.6 Å². The monoisotopic (exact) mass is 407 g/mol. The van der Waals surface area contributed by atoms with Gasteiger partial charge in [-0.05, 0) is 26.0 Å². The molecule has 0 saturated carbocycles. The number of carbonyl (C=O) groups is 1. The number of benzene rings is 1. The van der Waals surface area contributed by atoms with E-state index >= 15 is 0 Å². The van der Waals surface area contributed by atoms with Crippen LogP contribution in [0, 0.1) is 24.0 Å². The maximum absolute atomic E-state index is 12.7. The van der Waals surface area contributed by atoms with E-state index in [9.17, 15) is 23.3 Å². The first-order valence-electron chi connectivity index (χ1n) is 8.67. The number of anilines is 1. The van der Waals surface area contributed by atoms with E-state index in [1.807, 2.05) is 4.90 Å². The summed E-state index contributed by atoms with van der Waals surface area (Å²) in [5.74, 6) is 1.11. The van der Waals surface area contributed by atoms with Crippen LogP contribution in [0.5, 0.6) is 0 Å². The van der Waals surface area contributed by atoms with Gasteiger partial charge in [-0.3, -0.25) is 14.9 Å². The highest BCUT2D eigenvalue weighted by Gasteiger charge is 2.28. The van der Waals surface area contributed by atoms with Crippen LogP contribution < -0.4 is 4.90 Å². The first-order chi connectivity index (χ1) is 13.1. The molecular formula is C18H21N3O6S. The van der Waals surface area contributed by atoms with Crippen LogP contribution >= 0.6 is 0 Å². The van der Waals surface area contributed by atoms with E-state index < -0.39 is 14.8 Å². The molecule has 1 amide bonds. The number of piperazine rings is 1. The van der Waals surface area contributed by atoms with Gasteiger partial charge in [0.25, 0.3) is 11.6 Å². The minimum absolute atomic E-state index is 0.0808. The molecule has 10 heteroatoms. The average Bonchev–Trinajstić information content (AvgIpc) is 2.98. The molecule has 0 N–H and O–H groups in total. The third-order valence-corrected chi connectivity index (χ3v) is 5.86. The summed E-state index contributed by atoms with van der Waals surface area (Å²) < 4.78 is 29.7. The SMILES string of the molecule is Cc1cc(C(=O)N2CCN(c3ccc([N+](=O)[O-])cc3S(C)(=O)=O)CC2)c(C)o1. The zero-order chi connectivity index (χ0) is 20.6. The van der Waals surface area contributed by atoms with E-state index in [0.717, 1.165) is 12.3 Å². The fourth-order valence-electron chi connectivity index (χ4n) is 3.34. The molecule has 0 spiro atoms. The Balaban J connectivity index is 1.81. The lowest BCUT2D eigenvalue weighted by Crippen LogP contribution is -2.49. The van der Waals surface area contributed by atoms with Gasteiger partial charge in [0.2, 0.25) is 0 Å². The van der Waals surface area contributed by atoms with Crippen LogP contribution in [-0.2, 0) is 9.84 Å². The number of hydrogen-bond acceptors (Lipinski definition) is 7. The van der Waals surface area contributed by atoms with Gasteiger partial charge in [0.05, 0.1) is 21.1 Å². The molecule has 1 fully saturated rings. The van der Waals surface area contributed by atoms with Crippen molar-refractivity contribution in [2.45, 2.75) is 18.7 Å². The lowest BCUT2D eigenvalue weighted by atomic mass is 10.2. The number of amides is 1. The highest BCUT2D eigenvalue weighted by Crippen LogP contribution is 2.30. The summed E-state index contributed by atoms with van der Waals surface area (Å²) in [5.41, 5.74) is 0.664. The number of nitrogens with zero attached hydrogens (tertiary/aromatic N) is 3. The minimum Gasteiger partial charge on any atom is -0.466 e. The van der Waals surface area contributed by atoms with E-state index in [-0.39, 0.29) is 16.5 Å². The van der Waals surface area contributed by atoms with E-state index in [2.05, 4.69) is 0 Å². The Morgan fingerprint density at radius 2 is 1.79 bits per heavy atom. The van der Waals surface area contributed by atoms with Crippen molar-refractivity contribution in [1.29, 1.82) is 0 Å². The first kappa shape index (κ1) is 19.9. The number of carbonyl (C=O) groups excluding carboxylic acids is 1. The number of aryl methyl sites for hydroxylation is 2. The van der Waals surface area contributed by atoms with Crippen molar-refractivity contribution in [3.8, 4) is 0 Å². The average molecular weight is 407 g/mol. The van der Waals surface area contributed by atoms with Gasteiger partial charge in [0.15, 0.2) is 9.84 Å². The fourth-order valence-corrected chi connectivity index (χ4v) is 4.25. The molecule has 0 bridgehead atoms. The molecule has 1 aliphatic rings. The van der Waals surface area contributed by atoms with Crippen LogP contribution in [-0.4, -0.2) is 56.6 Å². The van der Waals surface area contributed by atoms with Crippen LogP contribution in [0.15, 0.2) is 33.6 Å². The summed E-state index contributed by atoms with van der Waals surface area (Å²) in [7, 11) is -3.65. The van der Waals surface area contributed by atoms with E-state index in [1.165, 1.54) is 12.1 Å². The van der Waals surface area contributed by atoms with Gasteiger partial charge in [-0.15, -0.1) is 0 Å². The molecule has 28 heavy (non-hydrogen) atoms. The van der Waals surface area contributed by atoms with Gasteiger partial charge in [-0.25, -0.2) is 8.42 Å². The van der Waals surface area contributed by atoms with Crippen molar-refractivity contribution < 1.29 is 22.6 Å². The van der Waals surface area contributed by atoms with Crippen molar-refractivity contribution in [3.63, 3.8) is 0 Å². The minimum atomic E-state index is -3.65. The lowest BCUT2D eigenvalue weighted by molar-refractivity contribution is -0.385. The second kappa shape index (κ2) is 7.27. The molecule has 1 aromatic heterocycles. The Morgan fingerprint density at radius 3 is 2.29 bits per heavy atom. The van der Waals surface area contributed by atoms with Gasteiger partial charge in [-0.2, -0.15) is 0 Å². The molecule has 1 aromatic carbocycles. The molecule has 3 rings (SSSR count). The Hall–Kier alpha value is -2.88. The van der Waals surface area contributed by atoms with Crippen LogP contribution in [0.3, 0.4) is 0 Å². The number of non-ortho nitro benzene ring substituents is 1. The number of rotatable bonds is 4. The zero-order valence-electron chi connectivity index (χ0n) is 15.8. The third-order valence-electron chi connectivity index (χ3n) is 4.73. The van der Waals surface area contributed by atoms with Gasteiger partial charge in [0.1, 0.15) is 11.5 Å². The largest absolute Gasteiger partial charge is 0.466 e. The normalized spacial score (nSPS) is 15.0. The Labute approximate surface area is 162 Å². The Bertz CT molecular complexity index is 1040. The number of furan rings is 1. The second-order valence-corrected chi connectivity index (χ2v) is 8.77. The smallest absolute Gasteiger partial charge is 0.270 e. The molecule has 1 saturated heterocycles. The maximum Gasteiger partial charge on any atom is 0.270 e. The van der Waals surface area contributed by atoms with Crippen LogP contribution in [0.2, 0.25) is 0 Å². The van der Waals surface area contributed by atoms with Gasteiger partial charge in [-0.1, -0.05) is 0 Å². The van der Waals surface area contributed by atoms with Crippen molar-refractivity contribution in [2.24, 2.45) is 0 Å². The summed E-state index contributed by atoms with van der Waals surface area (Å²) in [6.07, 6.45) is 1.03. The molecule has 150 valence electrons. The molecule has 2 heterocycles. The molecule has 9 nitrogen and oxygen atoms in total. The van der Waals surface area contributed by atoms with E-state index in [1.54, 1.807) is 24.8 Å². The molecule has 2 aromatic rings. The molecule has 0 atom stereocenters. The molecule has 0 aliphatic carbocycles. The number of nitro groups is 1. The van der Waals surface area contributed by atoms with Crippen LogP contribution in [0.1, 0.15) is 21.9 Å². The highest BCUT2D eigenvalue weighted by atomic mass is 32.2. The molecule has 0 unspecified atom stereocenters. The third kappa shape index (κ3) is 3.86. The van der Waals surface area contributed by atoms with Crippen LogP contribution in [0.25, 0.3) is 0 Å². The Morgan fingerprint density at radius 1 is 1.14 bits per heavy atom. The zero-order valence-corrected chi connectivity index (χ0v) is 16.7.